The Bertz CT molecular complexity index is 956. The summed E-state index contributed by atoms with van der Waals surface area (Å²) in [6.07, 6.45) is 0. The zero-order chi connectivity index (χ0) is 20.4. The fraction of sp³-hybridized carbons (Fsp3) is 0.200. The molecule has 1 amide bonds. The highest BCUT2D eigenvalue weighted by molar-refractivity contribution is 6.47. The van der Waals surface area contributed by atoms with Crippen molar-refractivity contribution in [1.82, 2.24) is 4.90 Å². The maximum atomic E-state index is 12.7. The number of Topliss-reactive ketones (excluding diaryl/α,β-unsaturated/α-hetero) is 1. The van der Waals surface area contributed by atoms with Gasteiger partial charge in [0.2, 0.25) is 0 Å². The molecule has 0 aliphatic carbocycles. The average Bonchev–Trinajstić information content (AvgIpc) is 2.93. The van der Waals surface area contributed by atoms with Crippen molar-refractivity contribution in [3.05, 3.63) is 69.2 Å². The second-order valence-electron chi connectivity index (χ2n) is 6.11. The summed E-state index contributed by atoms with van der Waals surface area (Å²) in [4.78, 5) is 26.5. The lowest BCUT2D eigenvalue weighted by Gasteiger charge is -2.24. The van der Waals surface area contributed by atoms with Crippen molar-refractivity contribution in [3.63, 3.8) is 0 Å². The third-order valence-corrected chi connectivity index (χ3v) is 5.05. The van der Waals surface area contributed by atoms with Crippen LogP contribution in [0.2, 0.25) is 10.0 Å². The number of ether oxygens (including phenoxy) is 1. The smallest absolute Gasteiger partial charge is 0.295 e. The zero-order valence-corrected chi connectivity index (χ0v) is 16.4. The summed E-state index contributed by atoms with van der Waals surface area (Å²) >= 11 is 12.1. The molecule has 2 aromatic carbocycles. The molecule has 28 heavy (non-hydrogen) atoms. The molecule has 6 nitrogen and oxygen atoms in total. The van der Waals surface area contributed by atoms with Crippen LogP contribution in [0.25, 0.3) is 5.76 Å². The van der Waals surface area contributed by atoms with Crippen LogP contribution >= 0.6 is 23.2 Å². The molecule has 0 bridgehead atoms. The molecular weight excluding hydrogens is 405 g/mol. The van der Waals surface area contributed by atoms with E-state index in [4.69, 9.17) is 27.9 Å². The van der Waals surface area contributed by atoms with Gasteiger partial charge in [0.15, 0.2) is 0 Å². The van der Waals surface area contributed by atoms with E-state index in [1.165, 1.54) is 30.2 Å². The molecule has 146 valence electrons. The third kappa shape index (κ3) is 3.58. The van der Waals surface area contributed by atoms with E-state index in [0.29, 0.717) is 16.3 Å². The number of methoxy groups -OCH3 is 1. The summed E-state index contributed by atoms with van der Waals surface area (Å²) in [5.74, 6) is -1.45. The first-order valence-electron chi connectivity index (χ1n) is 8.37. The first-order valence-corrected chi connectivity index (χ1v) is 9.13. The van der Waals surface area contributed by atoms with Gasteiger partial charge in [0.1, 0.15) is 11.5 Å². The quantitative estimate of drug-likeness (QED) is 0.438. The Kier molecular flexibility index (Phi) is 5.93. The topological polar surface area (TPSA) is 87.1 Å². The number of halogens is 2. The zero-order valence-electron chi connectivity index (χ0n) is 14.9. The predicted molar refractivity (Wildman–Crippen MR) is 106 cm³/mol. The summed E-state index contributed by atoms with van der Waals surface area (Å²) in [5.41, 5.74) is 0.666. The van der Waals surface area contributed by atoms with Crippen LogP contribution in [0, 0.1) is 0 Å². The molecule has 8 heteroatoms. The van der Waals surface area contributed by atoms with Crippen LogP contribution in [0.5, 0.6) is 5.75 Å². The SMILES string of the molecule is COc1ccc([C@@H]2C(=C(O)c3ccc(Cl)cc3Cl)C(=O)C(=O)N2CCO)cc1. The maximum Gasteiger partial charge on any atom is 0.295 e. The fourth-order valence-electron chi connectivity index (χ4n) is 3.18. The summed E-state index contributed by atoms with van der Waals surface area (Å²) in [6.45, 7) is -0.395. The molecule has 1 aliphatic heterocycles. The van der Waals surface area contributed by atoms with Crippen LogP contribution in [0.1, 0.15) is 17.2 Å². The van der Waals surface area contributed by atoms with Gasteiger partial charge in [-0.2, -0.15) is 0 Å². The minimum Gasteiger partial charge on any atom is -0.507 e. The van der Waals surface area contributed by atoms with Gasteiger partial charge in [-0.25, -0.2) is 0 Å². The van der Waals surface area contributed by atoms with E-state index >= 15 is 0 Å². The van der Waals surface area contributed by atoms with Crippen molar-refractivity contribution < 1.29 is 24.5 Å². The highest BCUT2D eigenvalue weighted by Crippen LogP contribution is 2.40. The van der Waals surface area contributed by atoms with E-state index in [2.05, 4.69) is 0 Å². The monoisotopic (exact) mass is 421 g/mol. The molecule has 0 aromatic heterocycles. The first kappa shape index (κ1) is 20.2. The second kappa shape index (κ2) is 8.22. The molecule has 1 heterocycles. The van der Waals surface area contributed by atoms with E-state index in [-0.39, 0.29) is 29.3 Å². The number of aliphatic hydroxyl groups excluding tert-OH is 2. The maximum absolute atomic E-state index is 12.7. The lowest BCUT2D eigenvalue weighted by Crippen LogP contribution is -2.32. The lowest BCUT2D eigenvalue weighted by atomic mass is 9.95. The predicted octanol–water partition coefficient (Wildman–Crippen LogP) is 3.42. The number of likely N-dealkylation sites (tertiary alicyclic amines) is 1. The Morgan fingerprint density at radius 2 is 1.82 bits per heavy atom. The number of amides is 1. The minimum atomic E-state index is -0.871. The van der Waals surface area contributed by atoms with Crippen LogP contribution in [0.3, 0.4) is 0 Å². The lowest BCUT2D eigenvalue weighted by molar-refractivity contribution is -0.140. The third-order valence-electron chi connectivity index (χ3n) is 4.50. The minimum absolute atomic E-state index is 0.0631. The van der Waals surface area contributed by atoms with Gasteiger partial charge < -0.3 is 19.8 Å². The van der Waals surface area contributed by atoms with E-state index in [9.17, 15) is 19.8 Å². The molecule has 0 radical (unpaired) electrons. The number of hydrogen-bond donors (Lipinski definition) is 2. The molecule has 3 rings (SSSR count). The van der Waals surface area contributed by atoms with Gasteiger partial charge in [-0.1, -0.05) is 35.3 Å². The van der Waals surface area contributed by atoms with Gasteiger partial charge in [-0.05, 0) is 35.9 Å². The van der Waals surface area contributed by atoms with Crippen molar-refractivity contribution >= 4 is 40.7 Å². The van der Waals surface area contributed by atoms with Crippen LogP contribution in [0.4, 0.5) is 0 Å². The standard InChI is InChI=1S/C20H17Cl2NO5/c1-28-13-5-2-11(3-6-13)17-16(19(26)20(27)23(17)8-9-24)18(25)14-7-4-12(21)10-15(14)22/h2-7,10,17,24-25H,8-9H2,1H3/t17-/m1/s1. The summed E-state index contributed by atoms with van der Waals surface area (Å²) in [6, 6.07) is 10.3. The molecule has 0 unspecified atom stereocenters. The van der Waals surface area contributed by atoms with Crippen LogP contribution in [-0.2, 0) is 9.59 Å². The van der Waals surface area contributed by atoms with Crippen LogP contribution in [-0.4, -0.2) is 47.1 Å². The van der Waals surface area contributed by atoms with Gasteiger partial charge in [0.25, 0.3) is 11.7 Å². The molecule has 2 aromatic rings. The highest BCUT2D eigenvalue weighted by Gasteiger charge is 2.45. The van der Waals surface area contributed by atoms with E-state index in [1.807, 2.05) is 0 Å². The molecule has 0 spiro atoms. The Labute approximate surface area is 171 Å². The Balaban J connectivity index is 2.19. The van der Waals surface area contributed by atoms with E-state index in [0.717, 1.165) is 0 Å². The molecule has 0 saturated carbocycles. The summed E-state index contributed by atoms with van der Waals surface area (Å²) < 4.78 is 5.14. The summed E-state index contributed by atoms with van der Waals surface area (Å²) in [5, 5.41) is 20.7. The van der Waals surface area contributed by atoms with Gasteiger partial charge in [-0.3, -0.25) is 9.59 Å². The van der Waals surface area contributed by atoms with Crippen LogP contribution in [0.15, 0.2) is 48.0 Å². The van der Waals surface area contributed by atoms with Crippen molar-refractivity contribution in [2.24, 2.45) is 0 Å². The number of nitrogens with zero attached hydrogens (tertiary/aromatic N) is 1. The van der Waals surface area contributed by atoms with Gasteiger partial charge in [0, 0.05) is 17.1 Å². The molecule has 1 aliphatic rings. The number of carbonyl (C=O) groups is 2. The largest absolute Gasteiger partial charge is 0.507 e. The fourth-order valence-corrected chi connectivity index (χ4v) is 3.68. The number of aliphatic hydroxyl groups is 2. The Morgan fingerprint density at radius 3 is 2.39 bits per heavy atom. The normalized spacial score (nSPS) is 18.6. The van der Waals surface area contributed by atoms with Crippen molar-refractivity contribution in [3.8, 4) is 5.75 Å². The van der Waals surface area contributed by atoms with Gasteiger partial charge in [-0.15, -0.1) is 0 Å². The summed E-state index contributed by atoms with van der Waals surface area (Å²) in [7, 11) is 1.52. The van der Waals surface area contributed by atoms with E-state index < -0.39 is 23.5 Å². The van der Waals surface area contributed by atoms with Crippen molar-refractivity contribution in [1.29, 1.82) is 0 Å². The Hall–Kier alpha value is -2.54. The van der Waals surface area contributed by atoms with Gasteiger partial charge >= 0.3 is 0 Å². The first-order chi connectivity index (χ1) is 13.4. The number of ketones is 1. The number of benzene rings is 2. The molecule has 2 N–H and O–H groups in total. The number of β-amino-alcohol motifs (C(OH)–C–C–N with tert-alkyl or cyclic N) is 1. The van der Waals surface area contributed by atoms with E-state index in [1.54, 1.807) is 24.3 Å². The second-order valence-corrected chi connectivity index (χ2v) is 6.96. The average molecular weight is 422 g/mol. The molecule has 1 fully saturated rings. The Morgan fingerprint density at radius 1 is 1.14 bits per heavy atom. The number of rotatable bonds is 5. The molecule has 1 atom stereocenters. The van der Waals surface area contributed by atoms with Crippen molar-refractivity contribution in [2.75, 3.05) is 20.3 Å². The molecule has 1 saturated heterocycles. The number of carbonyl (C=O) groups excluding carboxylic acids is 2. The number of hydrogen-bond acceptors (Lipinski definition) is 5. The van der Waals surface area contributed by atoms with Gasteiger partial charge in [0.05, 0.1) is 30.4 Å². The highest BCUT2D eigenvalue weighted by atomic mass is 35.5. The molecular formula is C20H17Cl2NO5. The van der Waals surface area contributed by atoms with Crippen molar-refractivity contribution in [2.45, 2.75) is 6.04 Å². The van der Waals surface area contributed by atoms with Crippen LogP contribution < -0.4 is 4.74 Å².